The van der Waals surface area contributed by atoms with E-state index in [4.69, 9.17) is 16.3 Å². The van der Waals surface area contributed by atoms with Crippen LogP contribution < -0.4 is 5.32 Å². The smallest absolute Gasteiger partial charge is 0.0888 e. The molecule has 2 heterocycles. The Kier molecular flexibility index (Phi) is 2.61. The Balaban J connectivity index is 2.23. The Hall–Kier alpha value is -0.0900. The SMILES string of the molecule is C[C@@]12CNC[C@]1(C)OCc1c2ccc(Br)c1Cl. The average Bonchev–Trinajstić information content (AvgIpc) is 2.60. The maximum atomic E-state index is 6.36. The van der Waals surface area contributed by atoms with Gasteiger partial charge >= 0.3 is 0 Å². The zero-order valence-corrected chi connectivity index (χ0v) is 12.3. The van der Waals surface area contributed by atoms with Gasteiger partial charge in [-0.15, -0.1) is 0 Å². The van der Waals surface area contributed by atoms with Gasteiger partial charge in [0.15, 0.2) is 0 Å². The lowest BCUT2D eigenvalue weighted by molar-refractivity contribution is -0.0815. The molecule has 2 aliphatic heterocycles. The molecule has 2 aliphatic rings. The molecule has 2 atom stereocenters. The third-order valence-electron chi connectivity index (χ3n) is 4.43. The number of nitrogens with one attached hydrogen (secondary N) is 1. The van der Waals surface area contributed by atoms with Crippen molar-refractivity contribution < 1.29 is 4.74 Å². The van der Waals surface area contributed by atoms with E-state index >= 15 is 0 Å². The van der Waals surface area contributed by atoms with Gasteiger partial charge in [0, 0.05) is 28.5 Å². The average molecular weight is 317 g/mol. The van der Waals surface area contributed by atoms with E-state index in [1.54, 1.807) is 0 Å². The van der Waals surface area contributed by atoms with Gasteiger partial charge in [0.05, 0.1) is 17.2 Å². The summed E-state index contributed by atoms with van der Waals surface area (Å²) in [6, 6.07) is 4.22. The Bertz CT molecular complexity index is 493. The van der Waals surface area contributed by atoms with Gasteiger partial charge in [0.25, 0.3) is 0 Å². The monoisotopic (exact) mass is 315 g/mol. The maximum absolute atomic E-state index is 6.36. The molecular formula is C13H15BrClNO. The van der Waals surface area contributed by atoms with Crippen LogP contribution in [0.15, 0.2) is 16.6 Å². The fraction of sp³-hybridized carbons (Fsp3) is 0.538. The molecule has 1 saturated heterocycles. The Morgan fingerprint density at radius 2 is 2.12 bits per heavy atom. The summed E-state index contributed by atoms with van der Waals surface area (Å²) in [5, 5.41) is 4.23. The van der Waals surface area contributed by atoms with Crippen LogP contribution in [0.25, 0.3) is 0 Å². The molecule has 92 valence electrons. The van der Waals surface area contributed by atoms with Crippen LogP contribution >= 0.6 is 27.5 Å². The van der Waals surface area contributed by atoms with Crippen LogP contribution in [0.4, 0.5) is 0 Å². The van der Waals surface area contributed by atoms with Crippen LogP contribution in [0.3, 0.4) is 0 Å². The molecule has 0 spiro atoms. The number of fused-ring (bicyclic) bond motifs is 3. The number of benzene rings is 1. The molecule has 0 saturated carbocycles. The standard InChI is InChI=1S/C13H15BrClNO/c1-12-6-16-7-13(12,2)17-5-8-9(12)3-4-10(14)11(8)15/h3-4,16H,5-7H2,1-2H3/t12-,13-/m0/s1. The summed E-state index contributed by atoms with van der Waals surface area (Å²) in [5.74, 6) is 0. The summed E-state index contributed by atoms with van der Waals surface area (Å²) in [7, 11) is 0. The van der Waals surface area contributed by atoms with E-state index in [1.807, 2.05) is 6.07 Å². The molecule has 1 N–H and O–H groups in total. The molecule has 4 heteroatoms. The quantitative estimate of drug-likeness (QED) is 0.793. The van der Waals surface area contributed by atoms with Crippen molar-refractivity contribution in [2.75, 3.05) is 13.1 Å². The Morgan fingerprint density at radius 1 is 1.35 bits per heavy atom. The molecule has 0 aromatic heterocycles. The molecular weight excluding hydrogens is 302 g/mol. The molecule has 3 rings (SSSR count). The second kappa shape index (κ2) is 3.70. The molecule has 17 heavy (non-hydrogen) atoms. The fourth-order valence-corrected chi connectivity index (χ4v) is 3.60. The zero-order chi connectivity index (χ0) is 12.3. The van der Waals surface area contributed by atoms with Gasteiger partial charge in [-0.05, 0) is 34.5 Å². The molecule has 2 nitrogen and oxygen atoms in total. The van der Waals surface area contributed by atoms with Gasteiger partial charge in [-0.25, -0.2) is 0 Å². The van der Waals surface area contributed by atoms with E-state index in [-0.39, 0.29) is 11.0 Å². The summed E-state index contributed by atoms with van der Waals surface area (Å²) >= 11 is 9.84. The summed E-state index contributed by atoms with van der Waals surface area (Å²) < 4.78 is 7.03. The number of halogens is 2. The van der Waals surface area contributed by atoms with E-state index < -0.39 is 0 Å². The maximum Gasteiger partial charge on any atom is 0.0888 e. The largest absolute Gasteiger partial charge is 0.368 e. The summed E-state index contributed by atoms with van der Waals surface area (Å²) in [6.45, 7) is 6.88. The fourth-order valence-electron chi connectivity index (χ4n) is 3.01. The van der Waals surface area contributed by atoms with Crippen LogP contribution in [-0.4, -0.2) is 18.7 Å². The second-order valence-corrected chi connectivity index (χ2v) is 6.57. The number of hydrogen-bond donors (Lipinski definition) is 1. The van der Waals surface area contributed by atoms with Gasteiger partial charge in [-0.2, -0.15) is 0 Å². The second-order valence-electron chi connectivity index (χ2n) is 5.34. The van der Waals surface area contributed by atoms with E-state index in [1.165, 1.54) is 5.56 Å². The van der Waals surface area contributed by atoms with Crippen molar-refractivity contribution in [3.8, 4) is 0 Å². The lowest BCUT2D eigenvalue weighted by Gasteiger charge is -2.45. The van der Waals surface area contributed by atoms with Gasteiger partial charge in [0.1, 0.15) is 0 Å². The topological polar surface area (TPSA) is 21.3 Å². The third-order valence-corrected chi connectivity index (χ3v) is 5.75. The highest BCUT2D eigenvalue weighted by Crippen LogP contribution is 2.48. The van der Waals surface area contributed by atoms with Crippen LogP contribution in [0, 0.1) is 0 Å². The van der Waals surface area contributed by atoms with Crippen molar-refractivity contribution in [1.82, 2.24) is 5.32 Å². The van der Waals surface area contributed by atoms with Crippen LogP contribution in [0.2, 0.25) is 5.02 Å². The van der Waals surface area contributed by atoms with Gasteiger partial charge in [-0.3, -0.25) is 0 Å². The molecule has 1 aromatic carbocycles. The van der Waals surface area contributed by atoms with Crippen LogP contribution in [0.1, 0.15) is 25.0 Å². The van der Waals surface area contributed by atoms with E-state index in [2.05, 4.69) is 41.2 Å². The lowest BCUT2D eigenvalue weighted by atomic mass is 9.69. The van der Waals surface area contributed by atoms with Crippen molar-refractivity contribution in [2.45, 2.75) is 31.5 Å². The minimum Gasteiger partial charge on any atom is -0.368 e. The van der Waals surface area contributed by atoms with Crippen LogP contribution in [-0.2, 0) is 16.8 Å². The van der Waals surface area contributed by atoms with Crippen molar-refractivity contribution in [3.05, 3.63) is 32.8 Å². The highest BCUT2D eigenvalue weighted by molar-refractivity contribution is 9.10. The van der Waals surface area contributed by atoms with Crippen molar-refractivity contribution in [1.29, 1.82) is 0 Å². The van der Waals surface area contributed by atoms with E-state index in [0.29, 0.717) is 6.61 Å². The first-order valence-electron chi connectivity index (χ1n) is 5.80. The summed E-state index contributed by atoms with van der Waals surface area (Å²) in [5.41, 5.74) is 2.33. The highest BCUT2D eigenvalue weighted by Gasteiger charge is 2.54. The predicted octanol–water partition coefficient (Wildman–Crippen LogP) is 3.25. The van der Waals surface area contributed by atoms with Crippen molar-refractivity contribution >= 4 is 27.5 Å². The van der Waals surface area contributed by atoms with Gasteiger partial charge in [-0.1, -0.05) is 24.6 Å². The minimum atomic E-state index is -0.128. The van der Waals surface area contributed by atoms with E-state index in [9.17, 15) is 0 Å². The third kappa shape index (κ3) is 1.46. The zero-order valence-electron chi connectivity index (χ0n) is 9.94. The van der Waals surface area contributed by atoms with E-state index in [0.717, 1.165) is 28.1 Å². The summed E-state index contributed by atoms with van der Waals surface area (Å²) in [4.78, 5) is 0. The molecule has 0 aliphatic carbocycles. The Morgan fingerprint density at radius 3 is 2.88 bits per heavy atom. The molecule has 0 unspecified atom stereocenters. The molecule has 0 amide bonds. The van der Waals surface area contributed by atoms with Crippen molar-refractivity contribution in [2.24, 2.45) is 0 Å². The molecule has 1 aromatic rings. The first-order chi connectivity index (χ1) is 7.98. The normalized spacial score (nSPS) is 35.5. The minimum absolute atomic E-state index is 0.00488. The lowest BCUT2D eigenvalue weighted by Crippen LogP contribution is -2.51. The Labute approximate surface area is 115 Å². The number of rotatable bonds is 0. The first kappa shape index (κ1) is 12.0. The first-order valence-corrected chi connectivity index (χ1v) is 6.97. The number of ether oxygens (including phenoxy) is 1. The summed E-state index contributed by atoms with van der Waals surface area (Å²) in [6.07, 6.45) is 0. The number of hydrogen-bond acceptors (Lipinski definition) is 2. The molecule has 0 bridgehead atoms. The van der Waals surface area contributed by atoms with Crippen LogP contribution in [0.5, 0.6) is 0 Å². The van der Waals surface area contributed by atoms with Crippen molar-refractivity contribution in [3.63, 3.8) is 0 Å². The van der Waals surface area contributed by atoms with Gasteiger partial charge < -0.3 is 10.1 Å². The highest BCUT2D eigenvalue weighted by atomic mass is 79.9. The predicted molar refractivity (Wildman–Crippen MR) is 72.6 cm³/mol. The molecule has 1 fully saturated rings. The molecule has 0 radical (unpaired) electrons. The van der Waals surface area contributed by atoms with Gasteiger partial charge in [0.2, 0.25) is 0 Å².